The first-order valence-electron chi connectivity index (χ1n) is 6.12. The fraction of sp³-hybridized carbons (Fsp3) is 0.133. The van der Waals surface area contributed by atoms with E-state index in [1.165, 1.54) is 12.4 Å². The van der Waals surface area contributed by atoms with Gasteiger partial charge in [-0.15, -0.1) is 0 Å². The van der Waals surface area contributed by atoms with Crippen LogP contribution in [0.2, 0.25) is 0 Å². The number of aliphatic carboxylic acids is 1. The van der Waals surface area contributed by atoms with Crippen molar-refractivity contribution in [2.45, 2.75) is 12.5 Å². The molecule has 2 rings (SSSR count). The minimum Gasteiger partial charge on any atom is -0.550 e. The zero-order valence-electron chi connectivity index (χ0n) is 10.7. The normalized spacial score (nSPS) is 11.6. The van der Waals surface area contributed by atoms with E-state index in [2.05, 4.69) is 10.3 Å². The van der Waals surface area contributed by atoms with E-state index in [0.717, 1.165) is 5.56 Å². The van der Waals surface area contributed by atoms with Crippen molar-refractivity contribution in [1.29, 1.82) is 0 Å². The van der Waals surface area contributed by atoms with Gasteiger partial charge >= 0.3 is 0 Å². The second-order valence-corrected chi connectivity index (χ2v) is 4.25. The van der Waals surface area contributed by atoms with Crippen molar-refractivity contribution < 1.29 is 14.7 Å². The van der Waals surface area contributed by atoms with Crippen molar-refractivity contribution in [3.8, 4) is 0 Å². The number of hydrogen-bond donors (Lipinski definition) is 1. The summed E-state index contributed by atoms with van der Waals surface area (Å²) < 4.78 is 0. The summed E-state index contributed by atoms with van der Waals surface area (Å²) in [4.78, 5) is 26.7. The topological polar surface area (TPSA) is 82.1 Å². The Morgan fingerprint density at radius 1 is 1.10 bits per heavy atom. The molecule has 0 saturated carbocycles. The van der Waals surface area contributed by atoms with Crippen LogP contribution in [0, 0.1) is 0 Å². The summed E-state index contributed by atoms with van der Waals surface area (Å²) in [5.41, 5.74) is 1.15. The molecule has 0 aliphatic rings. The van der Waals surface area contributed by atoms with E-state index in [1.807, 2.05) is 6.07 Å². The summed E-state index contributed by atoms with van der Waals surface area (Å²) >= 11 is 0. The molecule has 0 fully saturated rings. The van der Waals surface area contributed by atoms with Crippen LogP contribution in [-0.4, -0.2) is 16.9 Å². The molecule has 1 aromatic carbocycles. The van der Waals surface area contributed by atoms with Crippen LogP contribution in [-0.2, 0) is 4.79 Å². The van der Waals surface area contributed by atoms with Crippen molar-refractivity contribution in [3.05, 3.63) is 66.0 Å². The fourth-order valence-corrected chi connectivity index (χ4v) is 1.85. The highest BCUT2D eigenvalue weighted by molar-refractivity contribution is 5.94. The van der Waals surface area contributed by atoms with Crippen molar-refractivity contribution in [3.63, 3.8) is 0 Å². The van der Waals surface area contributed by atoms with E-state index in [-0.39, 0.29) is 12.3 Å². The van der Waals surface area contributed by atoms with Crippen LogP contribution in [0.5, 0.6) is 0 Å². The predicted molar refractivity (Wildman–Crippen MR) is 70.5 cm³/mol. The Hall–Kier alpha value is -2.69. The number of carboxylic acid groups (broad SMARTS) is 1. The van der Waals surface area contributed by atoms with Gasteiger partial charge in [-0.3, -0.25) is 9.78 Å². The monoisotopic (exact) mass is 269 g/mol. The first kappa shape index (κ1) is 13.7. The number of aromatic nitrogens is 1. The second-order valence-electron chi connectivity index (χ2n) is 4.25. The molecule has 0 aliphatic carbocycles. The molecular formula is C15H13N2O3-. The maximum absolute atomic E-state index is 12.1. The number of nitrogens with zero attached hydrogens (tertiary/aromatic N) is 1. The van der Waals surface area contributed by atoms with Gasteiger partial charge in [-0.1, -0.05) is 30.3 Å². The molecule has 0 aliphatic heterocycles. The quantitative estimate of drug-likeness (QED) is 0.866. The number of pyridine rings is 1. The van der Waals surface area contributed by atoms with Gasteiger partial charge in [0.05, 0.1) is 6.04 Å². The van der Waals surface area contributed by atoms with Gasteiger partial charge in [0.25, 0.3) is 5.91 Å². The van der Waals surface area contributed by atoms with Crippen LogP contribution in [0.3, 0.4) is 0 Å². The molecule has 0 radical (unpaired) electrons. The van der Waals surface area contributed by atoms with Crippen LogP contribution in [0.4, 0.5) is 0 Å². The summed E-state index contributed by atoms with van der Waals surface area (Å²) in [6, 6.07) is 11.4. The van der Waals surface area contributed by atoms with Crippen LogP contribution in [0.25, 0.3) is 0 Å². The minimum absolute atomic E-state index is 0.277. The number of carbonyl (C=O) groups excluding carboxylic acids is 2. The zero-order chi connectivity index (χ0) is 14.4. The molecule has 1 atom stereocenters. The third-order valence-corrected chi connectivity index (χ3v) is 2.82. The number of amides is 1. The molecule has 5 nitrogen and oxygen atoms in total. The zero-order valence-corrected chi connectivity index (χ0v) is 10.7. The number of carboxylic acids is 1. The van der Waals surface area contributed by atoms with Crippen molar-refractivity contribution in [1.82, 2.24) is 10.3 Å². The molecule has 20 heavy (non-hydrogen) atoms. The van der Waals surface area contributed by atoms with Gasteiger partial charge in [0.1, 0.15) is 0 Å². The first-order chi connectivity index (χ1) is 9.66. The van der Waals surface area contributed by atoms with Gasteiger partial charge in [0, 0.05) is 30.3 Å². The molecule has 2 aromatic rings. The molecule has 1 aromatic heterocycles. The molecule has 0 bridgehead atoms. The van der Waals surface area contributed by atoms with Crippen molar-refractivity contribution in [2.24, 2.45) is 0 Å². The SMILES string of the molecule is O=C([O-])CC(NC(=O)c1ccncc1)c1ccccc1. The average molecular weight is 269 g/mol. The summed E-state index contributed by atoms with van der Waals surface area (Å²) in [6.45, 7) is 0. The van der Waals surface area contributed by atoms with Crippen molar-refractivity contribution >= 4 is 11.9 Å². The maximum Gasteiger partial charge on any atom is 0.251 e. The van der Waals surface area contributed by atoms with E-state index < -0.39 is 12.0 Å². The van der Waals surface area contributed by atoms with Crippen LogP contribution in [0.1, 0.15) is 28.4 Å². The van der Waals surface area contributed by atoms with E-state index in [0.29, 0.717) is 5.56 Å². The van der Waals surface area contributed by atoms with Gasteiger partial charge in [-0.05, 0) is 17.7 Å². The summed E-state index contributed by atoms with van der Waals surface area (Å²) in [7, 11) is 0. The summed E-state index contributed by atoms with van der Waals surface area (Å²) in [5.74, 6) is -1.56. The highest BCUT2D eigenvalue weighted by atomic mass is 16.4. The highest BCUT2D eigenvalue weighted by Crippen LogP contribution is 2.16. The lowest BCUT2D eigenvalue weighted by atomic mass is 10.0. The molecule has 102 valence electrons. The van der Waals surface area contributed by atoms with Gasteiger partial charge in [0.2, 0.25) is 0 Å². The van der Waals surface area contributed by atoms with Crippen molar-refractivity contribution in [2.75, 3.05) is 0 Å². The van der Waals surface area contributed by atoms with Gasteiger partial charge in [-0.2, -0.15) is 0 Å². The number of benzene rings is 1. The number of hydrogen-bond acceptors (Lipinski definition) is 4. The third-order valence-electron chi connectivity index (χ3n) is 2.82. The lowest BCUT2D eigenvalue weighted by Gasteiger charge is -2.19. The number of carbonyl (C=O) groups is 2. The molecule has 1 unspecified atom stereocenters. The van der Waals surface area contributed by atoms with Gasteiger partial charge in [-0.25, -0.2) is 0 Å². The largest absolute Gasteiger partial charge is 0.550 e. The Morgan fingerprint density at radius 3 is 2.35 bits per heavy atom. The molecular weight excluding hydrogens is 256 g/mol. The van der Waals surface area contributed by atoms with Crippen LogP contribution < -0.4 is 10.4 Å². The smallest absolute Gasteiger partial charge is 0.251 e. The Bertz CT molecular complexity index is 585. The second kappa shape index (κ2) is 6.47. The first-order valence-corrected chi connectivity index (χ1v) is 6.12. The molecule has 5 heteroatoms. The standard InChI is InChI=1S/C15H14N2O3/c18-14(19)10-13(11-4-2-1-3-5-11)17-15(20)12-6-8-16-9-7-12/h1-9,13H,10H2,(H,17,20)(H,18,19)/p-1. The lowest BCUT2D eigenvalue weighted by Crippen LogP contribution is -2.34. The van der Waals surface area contributed by atoms with Gasteiger partial charge < -0.3 is 15.2 Å². The number of nitrogens with one attached hydrogen (secondary N) is 1. The number of rotatable bonds is 5. The average Bonchev–Trinajstić information content (AvgIpc) is 2.48. The van der Waals surface area contributed by atoms with E-state index in [4.69, 9.17) is 0 Å². The molecule has 1 amide bonds. The molecule has 0 saturated heterocycles. The summed E-state index contributed by atoms with van der Waals surface area (Å²) in [6.07, 6.45) is 2.73. The maximum atomic E-state index is 12.1. The highest BCUT2D eigenvalue weighted by Gasteiger charge is 2.15. The molecule has 0 spiro atoms. The van der Waals surface area contributed by atoms with E-state index in [1.54, 1.807) is 36.4 Å². The third kappa shape index (κ3) is 3.65. The molecule has 1 N–H and O–H groups in total. The Morgan fingerprint density at radius 2 is 1.75 bits per heavy atom. The van der Waals surface area contributed by atoms with Crippen LogP contribution in [0.15, 0.2) is 54.9 Å². The lowest BCUT2D eigenvalue weighted by molar-refractivity contribution is -0.306. The Balaban J connectivity index is 2.16. The Kier molecular flexibility index (Phi) is 4.44. The van der Waals surface area contributed by atoms with E-state index >= 15 is 0 Å². The van der Waals surface area contributed by atoms with Crippen LogP contribution >= 0.6 is 0 Å². The minimum atomic E-state index is -1.21. The summed E-state index contributed by atoms with van der Waals surface area (Å²) in [5, 5.41) is 13.5. The van der Waals surface area contributed by atoms with E-state index in [9.17, 15) is 14.7 Å². The van der Waals surface area contributed by atoms with Gasteiger partial charge in [0.15, 0.2) is 0 Å². The predicted octanol–water partition coefficient (Wildman–Crippen LogP) is 0.693. The Labute approximate surface area is 116 Å². The molecule has 1 heterocycles. The fourth-order valence-electron chi connectivity index (χ4n) is 1.85.